The van der Waals surface area contributed by atoms with E-state index in [-0.39, 0.29) is 24.4 Å². The average molecular weight is 252 g/mol. The van der Waals surface area contributed by atoms with Crippen LogP contribution in [0.2, 0.25) is 0 Å². The van der Waals surface area contributed by atoms with Crippen molar-refractivity contribution in [3.63, 3.8) is 0 Å². The van der Waals surface area contributed by atoms with E-state index < -0.39 is 12.0 Å². The van der Waals surface area contributed by atoms with E-state index >= 15 is 0 Å². The van der Waals surface area contributed by atoms with Crippen molar-refractivity contribution in [1.82, 2.24) is 9.88 Å². The van der Waals surface area contributed by atoms with Crippen LogP contribution in [-0.2, 0) is 16.1 Å². The highest BCUT2D eigenvalue weighted by atomic mass is 16.4. The topological polar surface area (TPSA) is 88.4 Å². The van der Waals surface area contributed by atoms with Gasteiger partial charge in [-0.1, -0.05) is 13.0 Å². The van der Waals surface area contributed by atoms with Gasteiger partial charge in [0.25, 0.3) is 5.56 Å². The van der Waals surface area contributed by atoms with Crippen molar-refractivity contribution in [3.8, 4) is 0 Å². The van der Waals surface area contributed by atoms with E-state index in [9.17, 15) is 14.4 Å². The predicted molar refractivity (Wildman–Crippen MR) is 65.2 cm³/mol. The maximum atomic E-state index is 11.5. The molecule has 2 N–H and O–H groups in total. The van der Waals surface area contributed by atoms with Crippen molar-refractivity contribution in [2.75, 3.05) is 0 Å². The van der Waals surface area contributed by atoms with Gasteiger partial charge in [0.1, 0.15) is 6.04 Å². The van der Waals surface area contributed by atoms with Gasteiger partial charge in [0.05, 0.1) is 0 Å². The number of carboxylic acid groups (broad SMARTS) is 1. The molecule has 0 fully saturated rings. The summed E-state index contributed by atoms with van der Waals surface area (Å²) in [7, 11) is 0. The lowest BCUT2D eigenvalue weighted by Crippen LogP contribution is -2.40. The summed E-state index contributed by atoms with van der Waals surface area (Å²) in [6, 6.07) is 3.86. The Balaban J connectivity index is 2.49. The van der Waals surface area contributed by atoms with Gasteiger partial charge in [0, 0.05) is 25.2 Å². The Morgan fingerprint density at radius 3 is 2.72 bits per heavy atom. The smallest absolute Gasteiger partial charge is 0.326 e. The lowest BCUT2D eigenvalue weighted by Gasteiger charge is -2.12. The van der Waals surface area contributed by atoms with Gasteiger partial charge in [-0.2, -0.15) is 0 Å². The maximum Gasteiger partial charge on any atom is 0.326 e. The summed E-state index contributed by atoms with van der Waals surface area (Å²) >= 11 is 0. The van der Waals surface area contributed by atoms with Crippen molar-refractivity contribution in [2.24, 2.45) is 0 Å². The Labute approximate surface area is 104 Å². The first-order valence-corrected chi connectivity index (χ1v) is 5.72. The molecule has 6 nitrogen and oxygen atoms in total. The molecule has 0 saturated heterocycles. The molecule has 0 aliphatic rings. The van der Waals surface area contributed by atoms with Crippen molar-refractivity contribution in [3.05, 3.63) is 34.7 Å². The molecule has 98 valence electrons. The minimum absolute atomic E-state index is 0.0771. The molecule has 0 bridgehead atoms. The van der Waals surface area contributed by atoms with Crippen LogP contribution in [0.3, 0.4) is 0 Å². The second-order valence-electron chi connectivity index (χ2n) is 3.85. The van der Waals surface area contributed by atoms with E-state index in [0.717, 1.165) is 0 Å². The number of pyridine rings is 1. The summed E-state index contributed by atoms with van der Waals surface area (Å²) in [5.41, 5.74) is -0.185. The summed E-state index contributed by atoms with van der Waals surface area (Å²) in [5.74, 6) is -1.43. The first-order valence-electron chi connectivity index (χ1n) is 5.72. The normalized spacial score (nSPS) is 11.8. The van der Waals surface area contributed by atoms with E-state index in [2.05, 4.69) is 5.32 Å². The molecule has 0 unspecified atom stereocenters. The van der Waals surface area contributed by atoms with Crippen LogP contribution in [0.1, 0.15) is 19.8 Å². The fourth-order valence-electron chi connectivity index (χ4n) is 1.47. The molecule has 1 atom stereocenters. The highest BCUT2D eigenvalue weighted by Crippen LogP contribution is 1.94. The van der Waals surface area contributed by atoms with E-state index in [1.54, 1.807) is 25.3 Å². The zero-order valence-corrected chi connectivity index (χ0v) is 10.1. The van der Waals surface area contributed by atoms with Crippen LogP contribution in [0, 0.1) is 0 Å². The molecule has 1 heterocycles. The number of hydrogen-bond donors (Lipinski definition) is 2. The summed E-state index contributed by atoms with van der Waals surface area (Å²) in [4.78, 5) is 33.6. The van der Waals surface area contributed by atoms with Crippen molar-refractivity contribution >= 4 is 11.9 Å². The zero-order valence-electron chi connectivity index (χ0n) is 10.1. The number of aromatic nitrogens is 1. The fraction of sp³-hybridized carbons (Fsp3) is 0.417. The molecule has 0 aliphatic carbocycles. The molecule has 6 heteroatoms. The van der Waals surface area contributed by atoms with Crippen molar-refractivity contribution in [2.45, 2.75) is 32.4 Å². The summed E-state index contributed by atoms with van der Waals surface area (Å²) in [6.45, 7) is 1.92. The largest absolute Gasteiger partial charge is 0.480 e. The molecule has 1 aromatic heterocycles. The number of aryl methyl sites for hydroxylation is 1. The molecule has 0 radical (unpaired) electrons. The molecule has 0 spiro atoms. The van der Waals surface area contributed by atoms with Gasteiger partial charge in [-0.3, -0.25) is 9.59 Å². The molecule has 18 heavy (non-hydrogen) atoms. The number of amides is 1. The van der Waals surface area contributed by atoms with Gasteiger partial charge in [-0.15, -0.1) is 0 Å². The number of aliphatic carboxylic acids is 1. The number of hydrogen-bond acceptors (Lipinski definition) is 3. The Morgan fingerprint density at radius 2 is 2.17 bits per heavy atom. The minimum atomic E-state index is -1.05. The molecule has 1 amide bonds. The van der Waals surface area contributed by atoms with Gasteiger partial charge in [-0.05, 0) is 12.5 Å². The number of carbonyl (C=O) groups excluding carboxylic acids is 1. The number of nitrogens with one attached hydrogen (secondary N) is 1. The third-order valence-electron chi connectivity index (χ3n) is 2.52. The van der Waals surface area contributed by atoms with Crippen LogP contribution >= 0.6 is 0 Å². The van der Waals surface area contributed by atoms with Crippen LogP contribution < -0.4 is 10.9 Å². The average Bonchev–Trinajstić information content (AvgIpc) is 2.34. The summed E-state index contributed by atoms with van der Waals surface area (Å²) in [6.07, 6.45) is 1.99. The molecule has 0 saturated carbocycles. The SMILES string of the molecule is CC[C@@H](NC(=O)CCn1ccccc1=O)C(=O)O. The van der Waals surface area contributed by atoms with Crippen LogP contribution in [0.4, 0.5) is 0 Å². The third kappa shape index (κ3) is 4.04. The van der Waals surface area contributed by atoms with Crippen molar-refractivity contribution in [1.29, 1.82) is 0 Å². The molecule has 1 rings (SSSR count). The first kappa shape index (κ1) is 14.0. The summed E-state index contributed by atoms with van der Waals surface area (Å²) in [5, 5.41) is 11.2. The molecule has 1 aromatic rings. The Kier molecular flexibility index (Phi) is 5.10. The highest BCUT2D eigenvalue weighted by molar-refractivity contribution is 5.83. The second-order valence-corrected chi connectivity index (χ2v) is 3.85. The van der Waals surface area contributed by atoms with Crippen LogP contribution in [-0.4, -0.2) is 27.6 Å². The Morgan fingerprint density at radius 1 is 1.44 bits per heavy atom. The van der Waals surface area contributed by atoms with Crippen LogP contribution in [0.15, 0.2) is 29.2 Å². The molecule has 0 aromatic carbocycles. The van der Waals surface area contributed by atoms with E-state index in [4.69, 9.17) is 5.11 Å². The molecular weight excluding hydrogens is 236 g/mol. The second kappa shape index (κ2) is 6.58. The zero-order chi connectivity index (χ0) is 13.5. The van der Waals surface area contributed by atoms with Crippen LogP contribution in [0.25, 0.3) is 0 Å². The van der Waals surface area contributed by atoms with E-state index in [1.165, 1.54) is 10.6 Å². The van der Waals surface area contributed by atoms with Crippen molar-refractivity contribution < 1.29 is 14.7 Å². The Bertz CT molecular complexity index is 481. The van der Waals surface area contributed by atoms with Gasteiger partial charge in [-0.25, -0.2) is 4.79 Å². The number of rotatable bonds is 6. The maximum absolute atomic E-state index is 11.5. The van der Waals surface area contributed by atoms with Gasteiger partial charge in [0.15, 0.2) is 0 Å². The molecule has 0 aliphatic heterocycles. The first-order chi connectivity index (χ1) is 8.54. The minimum Gasteiger partial charge on any atom is -0.480 e. The third-order valence-corrected chi connectivity index (χ3v) is 2.52. The molecular formula is C12H16N2O4. The van der Waals surface area contributed by atoms with Gasteiger partial charge in [0.2, 0.25) is 5.91 Å². The number of nitrogens with zero attached hydrogens (tertiary/aromatic N) is 1. The van der Waals surface area contributed by atoms with Crippen LogP contribution in [0.5, 0.6) is 0 Å². The number of carboxylic acids is 1. The number of carbonyl (C=O) groups is 2. The summed E-state index contributed by atoms with van der Waals surface area (Å²) < 4.78 is 1.40. The fourth-order valence-corrected chi connectivity index (χ4v) is 1.47. The lowest BCUT2D eigenvalue weighted by atomic mass is 10.2. The highest BCUT2D eigenvalue weighted by Gasteiger charge is 2.17. The van der Waals surface area contributed by atoms with E-state index in [1.807, 2.05) is 0 Å². The van der Waals surface area contributed by atoms with E-state index in [0.29, 0.717) is 6.42 Å². The van der Waals surface area contributed by atoms with Gasteiger partial charge < -0.3 is 15.0 Å². The monoisotopic (exact) mass is 252 g/mol. The van der Waals surface area contributed by atoms with Gasteiger partial charge >= 0.3 is 5.97 Å². The quantitative estimate of drug-likeness (QED) is 0.758. The Hall–Kier alpha value is -2.11. The predicted octanol–water partition coefficient (Wildman–Crippen LogP) is 0.218. The standard InChI is InChI=1S/C12H16N2O4/c1-2-9(12(17)18)13-10(15)6-8-14-7-4-3-5-11(14)16/h3-5,7,9H,2,6,8H2,1H3,(H,13,15)(H,17,18)/t9-/m1/s1. The lowest BCUT2D eigenvalue weighted by molar-refractivity contribution is -0.141.